The molecule has 1 aliphatic carbocycles. The lowest BCUT2D eigenvalue weighted by Gasteiger charge is -2.32. The van der Waals surface area contributed by atoms with Crippen LogP contribution in [0.4, 0.5) is 0 Å². The lowest BCUT2D eigenvalue weighted by Crippen LogP contribution is -2.54. The fourth-order valence-corrected chi connectivity index (χ4v) is 6.89. The fourth-order valence-electron chi connectivity index (χ4n) is 6.89. The molecule has 0 spiro atoms. The van der Waals surface area contributed by atoms with Crippen LogP contribution < -0.4 is 5.32 Å². The Hall–Kier alpha value is -2.33. The van der Waals surface area contributed by atoms with Crippen LogP contribution in [0.25, 0.3) is 0 Å². The van der Waals surface area contributed by atoms with Gasteiger partial charge in [0.2, 0.25) is 5.91 Å². The zero-order valence-corrected chi connectivity index (χ0v) is 23.3. The Morgan fingerprint density at radius 2 is 1.82 bits per heavy atom. The normalized spacial score (nSPS) is 27.2. The van der Waals surface area contributed by atoms with Crippen LogP contribution in [0.2, 0.25) is 0 Å². The van der Waals surface area contributed by atoms with Crippen molar-refractivity contribution in [1.29, 1.82) is 0 Å². The summed E-state index contributed by atoms with van der Waals surface area (Å²) in [5.74, 6) is 0.0231. The maximum atomic E-state index is 13.9. The molecule has 2 amide bonds. The van der Waals surface area contributed by atoms with E-state index < -0.39 is 18.2 Å². The van der Waals surface area contributed by atoms with E-state index in [1.807, 2.05) is 19.1 Å². The Morgan fingerprint density at radius 3 is 2.49 bits per heavy atom. The van der Waals surface area contributed by atoms with Gasteiger partial charge in [-0.15, -0.1) is 0 Å². The monoisotopic (exact) mass is 541 g/mol. The summed E-state index contributed by atoms with van der Waals surface area (Å²) in [4.78, 5) is 44.0. The second-order valence-corrected chi connectivity index (χ2v) is 11.4. The number of piperidine rings is 1. The molecular formula is C30H43N3O6. The van der Waals surface area contributed by atoms with Gasteiger partial charge in [0.15, 0.2) is 5.78 Å². The Labute approximate surface area is 231 Å². The van der Waals surface area contributed by atoms with Crippen molar-refractivity contribution in [2.75, 3.05) is 53.1 Å². The predicted molar refractivity (Wildman–Crippen MR) is 146 cm³/mol. The van der Waals surface area contributed by atoms with E-state index in [0.717, 1.165) is 64.8 Å². The Kier molecular flexibility index (Phi) is 9.32. The third kappa shape index (κ3) is 6.21. The van der Waals surface area contributed by atoms with Gasteiger partial charge in [-0.05, 0) is 75.2 Å². The Morgan fingerprint density at radius 1 is 1.10 bits per heavy atom. The van der Waals surface area contributed by atoms with Crippen molar-refractivity contribution in [2.24, 2.45) is 5.92 Å². The van der Waals surface area contributed by atoms with Gasteiger partial charge in [-0.3, -0.25) is 14.4 Å². The number of benzene rings is 1. The van der Waals surface area contributed by atoms with Crippen LogP contribution in [-0.4, -0.2) is 105 Å². The van der Waals surface area contributed by atoms with Gasteiger partial charge in [0, 0.05) is 25.8 Å². The number of hydrogen-bond donors (Lipinski definition) is 1. The number of ether oxygens (including phenoxy) is 3. The SMILES string of the molecule is CCO[C@H]1CN(C(=O)[C@@H](NC(=O)c2ccc(C3CCN(CCOC)CC3)cc2)C2CCCC2)[C@@H]2C(=O)CO[C@H]12. The lowest BCUT2D eigenvalue weighted by atomic mass is 9.89. The molecule has 4 atom stereocenters. The first-order valence-electron chi connectivity index (χ1n) is 14.7. The second-order valence-electron chi connectivity index (χ2n) is 11.4. The third-order valence-electron chi connectivity index (χ3n) is 9.07. The minimum Gasteiger partial charge on any atom is -0.383 e. The summed E-state index contributed by atoms with van der Waals surface area (Å²) < 4.78 is 16.7. The minimum atomic E-state index is -0.662. The zero-order chi connectivity index (χ0) is 27.4. The fraction of sp³-hybridized carbons (Fsp3) is 0.700. The van der Waals surface area contributed by atoms with Gasteiger partial charge in [0.25, 0.3) is 5.91 Å². The number of rotatable bonds is 10. The van der Waals surface area contributed by atoms with Gasteiger partial charge < -0.3 is 29.3 Å². The van der Waals surface area contributed by atoms with Crippen LogP contribution in [0, 0.1) is 5.92 Å². The Balaban J connectivity index is 1.25. The van der Waals surface area contributed by atoms with Crippen LogP contribution in [0.15, 0.2) is 24.3 Å². The highest BCUT2D eigenvalue weighted by Crippen LogP contribution is 2.34. The number of likely N-dealkylation sites (tertiary alicyclic amines) is 2. The van der Waals surface area contributed by atoms with Crippen molar-refractivity contribution in [3.05, 3.63) is 35.4 Å². The zero-order valence-electron chi connectivity index (χ0n) is 23.3. The third-order valence-corrected chi connectivity index (χ3v) is 9.07. The van der Waals surface area contributed by atoms with Crippen molar-refractivity contribution in [2.45, 2.75) is 75.7 Å². The van der Waals surface area contributed by atoms with Gasteiger partial charge in [0.1, 0.15) is 30.9 Å². The van der Waals surface area contributed by atoms with E-state index in [1.165, 1.54) is 5.56 Å². The second kappa shape index (κ2) is 12.9. The van der Waals surface area contributed by atoms with Crippen molar-refractivity contribution in [3.63, 3.8) is 0 Å². The summed E-state index contributed by atoms with van der Waals surface area (Å²) in [6.45, 7) is 6.53. The highest BCUT2D eigenvalue weighted by Gasteiger charge is 2.54. The largest absolute Gasteiger partial charge is 0.383 e. The number of nitrogens with zero attached hydrogens (tertiary/aromatic N) is 2. The first-order chi connectivity index (χ1) is 19.0. The molecule has 5 rings (SSSR count). The van der Waals surface area contributed by atoms with Crippen LogP contribution >= 0.6 is 0 Å². The van der Waals surface area contributed by atoms with E-state index in [1.54, 1.807) is 12.0 Å². The van der Waals surface area contributed by atoms with Crippen molar-refractivity contribution < 1.29 is 28.6 Å². The van der Waals surface area contributed by atoms with Crippen LogP contribution in [0.5, 0.6) is 0 Å². The van der Waals surface area contributed by atoms with Gasteiger partial charge in [-0.25, -0.2) is 0 Å². The van der Waals surface area contributed by atoms with Crippen LogP contribution in [0.1, 0.15) is 67.3 Å². The van der Waals surface area contributed by atoms with E-state index in [-0.39, 0.29) is 36.2 Å². The number of fused-ring (bicyclic) bond motifs is 1. The van der Waals surface area contributed by atoms with Crippen molar-refractivity contribution >= 4 is 17.6 Å². The number of Topliss-reactive ketones (excluding diaryl/α,β-unsaturated/α-hetero) is 1. The van der Waals surface area contributed by atoms with Crippen molar-refractivity contribution in [3.8, 4) is 0 Å². The molecule has 3 saturated heterocycles. The molecule has 0 bridgehead atoms. The minimum absolute atomic E-state index is 0.00166. The van der Waals surface area contributed by atoms with Gasteiger partial charge in [-0.1, -0.05) is 25.0 Å². The van der Waals surface area contributed by atoms with Gasteiger partial charge in [-0.2, -0.15) is 0 Å². The molecule has 3 heterocycles. The van der Waals surface area contributed by atoms with Crippen LogP contribution in [0.3, 0.4) is 0 Å². The predicted octanol–water partition coefficient (Wildman–Crippen LogP) is 2.38. The first kappa shape index (κ1) is 28.2. The standard InChI is InChI=1S/C30H43N3O6/c1-3-38-25-18-33(27-24(34)19-39-28(25)27)30(36)26(22-6-4-5-7-22)31-29(35)23-10-8-20(9-11-23)21-12-14-32(15-13-21)16-17-37-2/h8-11,21-22,25-28H,3-7,12-19H2,1-2H3,(H,31,35)/t25-,26-,27+,28+/m0/s1. The van der Waals surface area contributed by atoms with E-state index >= 15 is 0 Å². The topological polar surface area (TPSA) is 97.4 Å². The van der Waals surface area contributed by atoms with E-state index in [9.17, 15) is 14.4 Å². The molecule has 39 heavy (non-hydrogen) atoms. The smallest absolute Gasteiger partial charge is 0.251 e. The van der Waals surface area contributed by atoms with E-state index in [4.69, 9.17) is 14.2 Å². The molecule has 214 valence electrons. The number of amides is 2. The molecule has 4 aliphatic rings. The molecule has 3 aliphatic heterocycles. The number of carbonyl (C=O) groups excluding carboxylic acids is 3. The highest BCUT2D eigenvalue weighted by molar-refractivity contribution is 5.99. The average molecular weight is 542 g/mol. The van der Waals surface area contributed by atoms with E-state index in [0.29, 0.717) is 24.6 Å². The molecule has 1 aromatic rings. The summed E-state index contributed by atoms with van der Waals surface area (Å²) in [7, 11) is 1.74. The molecule has 1 saturated carbocycles. The van der Waals surface area contributed by atoms with Crippen molar-refractivity contribution in [1.82, 2.24) is 15.1 Å². The number of methoxy groups -OCH3 is 1. The molecule has 1 N–H and O–H groups in total. The van der Waals surface area contributed by atoms with Crippen LogP contribution in [-0.2, 0) is 23.8 Å². The van der Waals surface area contributed by atoms with Gasteiger partial charge >= 0.3 is 0 Å². The summed E-state index contributed by atoms with van der Waals surface area (Å²) >= 11 is 0. The highest BCUT2D eigenvalue weighted by atomic mass is 16.6. The van der Waals surface area contributed by atoms with E-state index in [2.05, 4.69) is 22.3 Å². The van der Waals surface area contributed by atoms with Gasteiger partial charge in [0.05, 0.1) is 13.2 Å². The molecule has 9 nitrogen and oxygen atoms in total. The number of carbonyl (C=O) groups is 3. The first-order valence-corrected chi connectivity index (χ1v) is 14.7. The maximum Gasteiger partial charge on any atom is 0.251 e. The summed E-state index contributed by atoms with van der Waals surface area (Å²) in [5.41, 5.74) is 1.81. The molecular weight excluding hydrogens is 498 g/mol. The summed E-state index contributed by atoms with van der Waals surface area (Å²) in [6.07, 6.45) is 5.29. The number of hydrogen-bond acceptors (Lipinski definition) is 7. The molecule has 9 heteroatoms. The summed E-state index contributed by atoms with van der Waals surface area (Å²) in [6, 6.07) is 6.58. The molecule has 1 aromatic carbocycles. The number of ketones is 1. The maximum absolute atomic E-state index is 13.9. The molecule has 0 unspecified atom stereocenters. The molecule has 0 aromatic heterocycles. The number of nitrogens with one attached hydrogen (secondary N) is 1. The summed E-state index contributed by atoms with van der Waals surface area (Å²) in [5, 5.41) is 3.08. The quantitative estimate of drug-likeness (QED) is 0.486. The molecule has 4 fully saturated rings. The lowest BCUT2D eigenvalue weighted by molar-refractivity contribution is -0.139. The Bertz CT molecular complexity index is 1000. The average Bonchev–Trinajstić information content (AvgIpc) is 3.71. The molecule has 0 radical (unpaired) electrons.